The minimum atomic E-state index is -0.185. The number of pyridine rings is 1. The van der Waals surface area contributed by atoms with Crippen LogP contribution in [0.5, 0.6) is 0 Å². The van der Waals surface area contributed by atoms with Crippen LogP contribution in [0.4, 0.5) is 5.82 Å². The largest absolute Gasteiger partial charge is 0.395 e. The highest BCUT2D eigenvalue weighted by Crippen LogP contribution is 2.20. The molecule has 0 unspecified atom stereocenters. The first kappa shape index (κ1) is 15.3. The summed E-state index contributed by atoms with van der Waals surface area (Å²) in [5.41, 5.74) is 6.27. The van der Waals surface area contributed by atoms with E-state index in [0.29, 0.717) is 24.6 Å². The van der Waals surface area contributed by atoms with Crippen molar-refractivity contribution >= 4 is 22.5 Å². The van der Waals surface area contributed by atoms with Gasteiger partial charge in [-0.2, -0.15) is 0 Å². The van der Waals surface area contributed by atoms with Gasteiger partial charge >= 0.3 is 0 Å². The van der Waals surface area contributed by atoms with Gasteiger partial charge in [-0.05, 0) is 17.9 Å². The lowest BCUT2D eigenvalue weighted by molar-refractivity contribution is 0.0714. The van der Waals surface area contributed by atoms with Crippen molar-refractivity contribution in [2.45, 2.75) is 19.8 Å². The van der Waals surface area contributed by atoms with Gasteiger partial charge in [-0.15, -0.1) is 0 Å². The molecule has 0 fully saturated rings. The first-order valence-electron chi connectivity index (χ1n) is 7.22. The molecule has 5 nitrogen and oxygen atoms in total. The fourth-order valence-electron chi connectivity index (χ4n) is 2.28. The van der Waals surface area contributed by atoms with Crippen LogP contribution < -0.4 is 5.73 Å². The summed E-state index contributed by atoms with van der Waals surface area (Å²) in [6.45, 7) is 2.93. The van der Waals surface area contributed by atoms with Gasteiger partial charge in [0.05, 0.1) is 6.61 Å². The molecule has 0 spiro atoms. The van der Waals surface area contributed by atoms with Gasteiger partial charge in [0.15, 0.2) is 0 Å². The zero-order valence-electron chi connectivity index (χ0n) is 12.2. The lowest BCUT2D eigenvalue weighted by Crippen LogP contribution is -2.35. The van der Waals surface area contributed by atoms with Gasteiger partial charge in [-0.25, -0.2) is 4.98 Å². The number of carbonyl (C=O) groups excluding carboxylic acids is 1. The number of rotatable bonds is 6. The smallest absolute Gasteiger partial charge is 0.272 e. The van der Waals surface area contributed by atoms with Crippen molar-refractivity contribution in [3.8, 4) is 0 Å². The molecule has 1 amide bonds. The van der Waals surface area contributed by atoms with Crippen LogP contribution in [0.15, 0.2) is 30.3 Å². The molecule has 1 heterocycles. The Hall–Kier alpha value is -2.14. The van der Waals surface area contributed by atoms with Crippen molar-refractivity contribution < 1.29 is 9.90 Å². The quantitative estimate of drug-likeness (QED) is 0.852. The highest BCUT2D eigenvalue weighted by atomic mass is 16.3. The summed E-state index contributed by atoms with van der Waals surface area (Å²) in [5.74, 6) is 0.172. The molecule has 21 heavy (non-hydrogen) atoms. The number of carbonyl (C=O) groups is 1. The van der Waals surface area contributed by atoms with Crippen LogP contribution in [-0.4, -0.2) is 40.6 Å². The van der Waals surface area contributed by atoms with Gasteiger partial charge in [0, 0.05) is 18.5 Å². The molecule has 0 saturated heterocycles. The van der Waals surface area contributed by atoms with Crippen molar-refractivity contribution in [2.75, 3.05) is 25.4 Å². The van der Waals surface area contributed by atoms with Crippen LogP contribution in [0.25, 0.3) is 10.8 Å². The predicted molar refractivity (Wildman–Crippen MR) is 84.1 cm³/mol. The van der Waals surface area contributed by atoms with E-state index in [9.17, 15) is 4.79 Å². The lowest BCUT2D eigenvalue weighted by Gasteiger charge is -2.21. The highest BCUT2D eigenvalue weighted by molar-refractivity contribution is 5.99. The molecule has 0 aliphatic heterocycles. The maximum atomic E-state index is 12.5. The van der Waals surface area contributed by atoms with E-state index in [-0.39, 0.29) is 12.5 Å². The average Bonchev–Trinajstić information content (AvgIpc) is 2.50. The number of unbranched alkanes of at least 4 members (excludes halogenated alkanes) is 1. The van der Waals surface area contributed by atoms with Gasteiger partial charge in [0.1, 0.15) is 11.5 Å². The van der Waals surface area contributed by atoms with Crippen molar-refractivity contribution in [2.24, 2.45) is 0 Å². The topological polar surface area (TPSA) is 79.5 Å². The minimum Gasteiger partial charge on any atom is -0.395 e. The van der Waals surface area contributed by atoms with E-state index in [1.807, 2.05) is 24.3 Å². The van der Waals surface area contributed by atoms with Crippen molar-refractivity contribution in [3.05, 3.63) is 36.0 Å². The molecule has 0 aliphatic carbocycles. The zero-order chi connectivity index (χ0) is 15.2. The Morgan fingerprint density at radius 3 is 2.81 bits per heavy atom. The molecule has 2 aromatic rings. The van der Waals surface area contributed by atoms with E-state index in [1.165, 1.54) is 0 Å². The number of hydrogen-bond donors (Lipinski definition) is 2. The number of aromatic nitrogens is 1. The molecule has 0 atom stereocenters. The Balaban J connectivity index is 2.32. The number of nitrogens with two attached hydrogens (primary N) is 1. The number of amides is 1. The molecule has 0 radical (unpaired) electrons. The Morgan fingerprint density at radius 1 is 1.33 bits per heavy atom. The number of hydrogen-bond acceptors (Lipinski definition) is 4. The normalized spacial score (nSPS) is 10.8. The second-order valence-corrected chi connectivity index (χ2v) is 4.98. The summed E-state index contributed by atoms with van der Waals surface area (Å²) in [5, 5.41) is 10.9. The molecular formula is C16H21N3O2. The summed E-state index contributed by atoms with van der Waals surface area (Å²) < 4.78 is 0. The number of benzene rings is 1. The van der Waals surface area contributed by atoms with Crippen LogP contribution in [-0.2, 0) is 0 Å². The van der Waals surface area contributed by atoms with Gasteiger partial charge in [-0.3, -0.25) is 4.79 Å². The summed E-state index contributed by atoms with van der Waals surface area (Å²) in [4.78, 5) is 18.4. The fraction of sp³-hybridized carbons (Fsp3) is 0.375. The third-order valence-corrected chi connectivity index (χ3v) is 3.43. The highest BCUT2D eigenvalue weighted by Gasteiger charge is 2.17. The van der Waals surface area contributed by atoms with E-state index in [1.54, 1.807) is 11.0 Å². The van der Waals surface area contributed by atoms with Crippen LogP contribution in [0.1, 0.15) is 30.3 Å². The SMILES string of the molecule is CCCCN(CCO)C(=O)c1cc2ccccc2c(N)n1. The Kier molecular flexibility index (Phi) is 5.11. The first-order chi connectivity index (χ1) is 10.2. The summed E-state index contributed by atoms with van der Waals surface area (Å²) in [6.07, 6.45) is 1.89. The second kappa shape index (κ2) is 7.04. The van der Waals surface area contributed by atoms with Crippen molar-refractivity contribution in [3.63, 3.8) is 0 Å². The monoisotopic (exact) mass is 287 g/mol. The first-order valence-corrected chi connectivity index (χ1v) is 7.22. The molecule has 0 aliphatic rings. The van der Waals surface area contributed by atoms with E-state index >= 15 is 0 Å². The molecule has 1 aromatic carbocycles. The zero-order valence-corrected chi connectivity index (χ0v) is 12.2. The average molecular weight is 287 g/mol. The van der Waals surface area contributed by atoms with Crippen LogP contribution in [0.2, 0.25) is 0 Å². The molecule has 5 heteroatoms. The Labute approximate surface area is 124 Å². The molecule has 2 rings (SSSR count). The predicted octanol–water partition coefficient (Wildman–Crippen LogP) is 2.05. The number of aliphatic hydroxyl groups excluding tert-OH is 1. The molecule has 112 valence electrons. The summed E-state index contributed by atoms with van der Waals surface area (Å²) in [7, 11) is 0. The third-order valence-electron chi connectivity index (χ3n) is 3.43. The van der Waals surface area contributed by atoms with Gasteiger partial charge < -0.3 is 15.7 Å². The third kappa shape index (κ3) is 3.49. The molecular weight excluding hydrogens is 266 g/mol. The number of anilines is 1. The molecule has 3 N–H and O–H groups in total. The van der Waals surface area contributed by atoms with Crippen LogP contribution in [0, 0.1) is 0 Å². The number of fused-ring (bicyclic) bond motifs is 1. The summed E-state index contributed by atoms with van der Waals surface area (Å²) >= 11 is 0. The molecule has 0 saturated carbocycles. The summed E-state index contributed by atoms with van der Waals surface area (Å²) in [6, 6.07) is 9.34. The van der Waals surface area contributed by atoms with Crippen LogP contribution in [0.3, 0.4) is 0 Å². The Bertz CT molecular complexity index is 628. The van der Waals surface area contributed by atoms with E-state index in [2.05, 4.69) is 11.9 Å². The van der Waals surface area contributed by atoms with E-state index in [4.69, 9.17) is 10.8 Å². The van der Waals surface area contributed by atoms with Crippen molar-refractivity contribution in [1.82, 2.24) is 9.88 Å². The molecule has 1 aromatic heterocycles. The number of aliphatic hydroxyl groups is 1. The molecule has 0 bridgehead atoms. The lowest BCUT2D eigenvalue weighted by atomic mass is 10.1. The van der Waals surface area contributed by atoms with E-state index in [0.717, 1.165) is 23.6 Å². The van der Waals surface area contributed by atoms with E-state index < -0.39 is 0 Å². The minimum absolute atomic E-state index is 0.0570. The standard InChI is InChI=1S/C16H21N3O2/c1-2-3-8-19(9-10-20)16(21)14-11-12-6-4-5-7-13(12)15(17)18-14/h4-7,11,20H,2-3,8-10H2,1H3,(H2,17,18). The van der Waals surface area contributed by atoms with Gasteiger partial charge in [0.25, 0.3) is 5.91 Å². The maximum Gasteiger partial charge on any atom is 0.272 e. The fourth-order valence-corrected chi connectivity index (χ4v) is 2.28. The maximum absolute atomic E-state index is 12.5. The van der Waals surface area contributed by atoms with Crippen LogP contribution >= 0.6 is 0 Å². The number of nitrogens with zero attached hydrogens (tertiary/aromatic N) is 2. The second-order valence-electron chi connectivity index (χ2n) is 4.98. The van der Waals surface area contributed by atoms with Gasteiger partial charge in [-0.1, -0.05) is 37.6 Å². The van der Waals surface area contributed by atoms with Gasteiger partial charge in [0.2, 0.25) is 0 Å². The Morgan fingerprint density at radius 2 is 2.10 bits per heavy atom. The number of nitrogen functional groups attached to an aromatic ring is 1. The van der Waals surface area contributed by atoms with Crippen molar-refractivity contribution in [1.29, 1.82) is 0 Å².